The van der Waals surface area contributed by atoms with Crippen molar-refractivity contribution in [3.05, 3.63) is 33.8 Å². The maximum Gasteiger partial charge on any atom is 0.0595 e. The molecule has 1 aromatic rings. The highest BCUT2D eigenvalue weighted by Crippen LogP contribution is 2.29. The molecule has 1 aliphatic heterocycles. The van der Waals surface area contributed by atoms with Crippen LogP contribution in [0.5, 0.6) is 0 Å². The van der Waals surface area contributed by atoms with Gasteiger partial charge < -0.3 is 10.6 Å². The van der Waals surface area contributed by atoms with Crippen molar-refractivity contribution in [3.63, 3.8) is 0 Å². The minimum Gasteiger partial charge on any atom is -0.312 e. The Hall–Kier alpha value is -0.280. The second kappa shape index (κ2) is 6.25. The Balaban J connectivity index is 2.23. The van der Waals surface area contributed by atoms with Gasteiger partial charge in [-0.15, -0.1) is 0 Å². The molecule has 1 aromatic carbocycles. The van der Waals surface area contributed by atoms with Crippen molar-refractivity contribution in [3.8, 4) is 0 Å². The Kier molecular flexibility index (Phi) is 4.91. The fraction of sp³-hybridized carbons (Fsp3) is 0.571. The van der Waals surface area contributed by atoms with Crippen LogP contribution in [-0.2, 0) is 0 Å². The third-order valence-electron chi connectivity index (χ3n) is 3.32. The minimum absolute atomic E-state index is 0.294. The molecule has 0 amide bonds. The molecular formula is C14H20Cl2N2. The van der Waals surface area contributed by atoms with Crippen LogP contribution >= 0.6 is 23.2 Å². The highest BCUT2D eigenvalue weighted by atomic mass is 35.5. The maximum absolute atomic E-state index is 6.12. The predicted molar refractivity (Wildman–Crippen MR) is 78.5 cm³/mol. The van der Waals surface area contributed by atoms with Crippen LogP contribution in [-0.4, -0.2) is 18.6 Å². The van der Waals surface area contributed by atoms with Gasteiger partial charge in [0.1, 0.15) is 0 Å². The van der Waals surface area contributed by atoms with Crippen LogP contribution in [0.25, 0.3) is 0 Å². The van der Waals surface area contributed by atoms with Gasteiger partial charge in [0.05, 0.1) is 10.0 Å². The van der Waals surface area contributed by atoms with Crippen molar-refractivity contribution < 1.29 is 0 Å². The fourth-order valence-corrected chi connectivity index (χ4v) is 2.81. The molecule has 0 saturated carbocycles. The van der Waals surface area contributed by atoms with Crippen molar-refractivity contribution in [1.29, 1.82) is 0 Å². The van der Waals surface area contributed by atoms with Crippen LogP contribution in [0.1, 0.15) is 38.3 Å². The molecule has 0 aromatic heterocycles. The highest BCUT2D eigenvalue weighted by Gasteiger charge is 2.26. The number of hydrogen-bond acceptors (Lipinski definition) is 2. The summed E-state index contributed by atoms with van der Waals surface area (Å²) in [5, 5.41) is 8.42. The molecule has 2 nitrogen and oxygen atoms in total. The Morgan fingerprint density at radius 3 is 2.61 bits per heavy atom. The van der Waals surface area contributed by atoms with Gasteiger partial charge in [0.15, 0.2) is 0 Å². The standard InChI is InChI=1S/C14H20Cl2N2/c1-9(2)18-14(13-4-3-7-17-13)10-5-6-11(15)12(16)8-10/h5-6,8-9,13-14,17-18H,3-4,7H2,1-2H3/t13?,14-/m0/s1. The second-order valence-electron chi connectivity index (χ2n) is 5.18. The number of halogens is 2. The molecule has 18 heavy (non-hydrogen) atoms. The summed E-state index contributed by atoms with van der Waals surface area (Å²) in [6.07, 6.45) is 2.44. The molecule has 1 aliphatic rings. The third-order valence-corrected chi connectivity index (χ3v) is 4.06. The van der Waals surface area contributed by atoms with Crippen molar-refractivity contribution in [2.75, 3.05) is 6.54 Å². The van der Waals surface area contributed by atoms with E-state index in [0.717, 1.165) is 6.54 Å². The summed E-state index contributed by atoms with van der Waals surface area (Å²) in [5.41, 5.74) is 1.21. The van der Waals surface area contributed by atoms with Crippen molar-refractivity contribution in [2.45, 2.75) is 44.8 Å². The van der Waals surface area contributed by atoms with E-state index in [1.165, 1.54) is 18.4 Å². The molecule has 0 spiro atoms. The van der Waals surface area contributed by atoms with Crippen molar-refractivity contribution in [2.24, 2.45) is 0 Å². The van der Waals surface area contributed by atoms with E-state index < -0.39 is 0 Å². The van der Waals surface area contributed by atoms with Crippen LogP contribution < -0.4 is 10.6 Å². The first-order valence-corrected chi connectivity index (χ1v) is 7.28. The second-order valence-corrected chi connectivity index (χ2v) is 5.99. The number of hydrogen-bond donors (Lipinski definition) is 2. The first-order valence-electron chi connectivity index (χ1n) is 6.52. The smallest absolute Gasteiger partial charge is 0.0595 e. The van der Waals surface area contributed by atoms with Crippen LogP contribution in [0.2, 0.25) is 10.0 Å². The van der Waals surface area contributed by atoms with Crippen LogP contribution in [0.3, 0.4) is 0 Å². The lowest BCUT2D eigenvalue weighted by molar-refractivity contribution is 0.384. The topological polar surface area (TPSA) is 24.1 Å². The summed E-state index contributed by atoms with van der Waals surface area (Å²) in [7, 11) is 0. The molecule has 2 rings (SSSR count). The number of benzene rings is 1. The Labute approximate surface area is 119 Å². The lowest BCUT2D eigenvalue weighted by Gasteiger charge is -2.28. The molecule has 0 bridgehead atoms. The zero-order valence-corrected chi connectivity index (χ0v) is 12.4. The zero-order valence-electron chi connectivity index (χ0n) is 10.8. The summed E-state index contributed by atoms with van der Waals surface area (Å²) >= 11 is 12.1. The Morgan fingerprint density at radius 1 is 1.28 bits per heavy atom. The summed E-state index contributed by atoms with van der Waals surface area (Å²) in [6.45, 7) is 5.43. The Morgan fingerprint density at radius 2 is 2.06 bits per heavy atom. The maximum atomic E-state index is 6.12. The van der Waals surface area contributed by atoms with E-state index in [9.17, 15) is 0 Å². The monoisotopic (exact) mass is 286 g/mol. The lowest BCUT2D eigenvalue weighted by Crippen LogP contribution is -2.40. The van der Waals surface area contributed by atoms with Crippen molar-refractivity contribution in [1.82, 2.24) is 10.6 Å². The first-order chi connectivity index (χ1) is 8.58. The van der Waals surface area contributed by atoms with E-state index in [-0.39, 0.29) is 0 Å². The van der Waals surface area contributed by atoms with Gasteiger partial charge in [-0.2, -0.15) is 0 Å². The molecule has 1 unspecified atom stereocenters. The Bertz CT molecular complexity index is 401. The SMILES string of the molecule is CC(C)N[C@@H](c1ccc(Cl)c(Cl)c1)C1CCCN1. The molecule has 0 radical (unpaired) electrons. The fourth-order valence-electron chi connectivity index (χ4n) is 2.51. The molecule has 1 heterocycles. The summed E-state index contributed by atoms with van der Waals surface area (Å²) in [5.74, 6) is 0. The van der Waals surface area contributed by atoms with Crippen LogP contribution in [0, 0.1) is 0 Å². The third kappa shape index (κ3) is 3.39. The van der Waals surface area contributed by atoms with Gasteiger partial charge in [0.25, 0.3) is 0 Å². The molecule has 4 heteroatoms. The zero-order chi connectivity index (χ0) is 13.1. The molecule has 2 N–H and O–H groups in total. The van der Waals surface area contributed by atoms with E-state index in [1.54, 1.807) is 0 Å². The largest absolute Gasteiger partial charge is 0.312 e. The highest BCUT2D eigenvalue weighted by molar-refractivity contribution is 6.42. The molecule has 2 atom stereocenters. The quantitative estimate of drug-likeness (QED) is 0.880. The number of nitrogens with one attached hydrogen (secondary N) is 2. The lowest BCUT2D eigenvalue weighted by atomic mass is 9.97. The van der Waals surface area contributed by atoms with E-state index >= 15 is 0 Å². The molecular weight excluding hydrogens is 267 g/mol. The van der Waals surface area contributed by atoms with E-state index in [4.69, 9.17) is 23.2 Å². The molecule has 1 saturated heterocycles. The first kappa shape index (κ1) is 14.1. The summed E-state index contributed by atoms with van der Waals surface area (Å²) in [4.78, 5) is 0. The van der Waals surface area contributed by atoms with E-state index in [2.05, 4.69) is 30.5 Å². The van der Waals surface area contributed by atoms with Gasteiger partial charge in [-0.1, -0.05) is 43.1 Å². The van der Waals surface area contributed by atoms with Gasteiger partial charge in [-0.3, -0.25) is 0 Å². The van der Waals surface area contributed by atoms with E-state index in [0.29, 0.717) is 28.2 Å². The average molecular weight is 287 g/mol. The van der Waals surface area contributed by atoms with Crippen LogP contribution in [0.15, 0.2) is 18.2 Å². The average Bonchev–Trinajstić information content (AvgIpc) is 2.83. The van der Waals surface area contributed by atoms with Gasteiger partial charge in [-0.25, -0.2) is 0 Å². The van der Waals surface area contributed by atoms with E-state index in [1.807, 2.05) is 12.1 Å². The van der Waals surface area contributed by atoms with Gasteiger partial charge in [0.2, 0.25) is 0 Å². The normalized spacial score (nSPS) is 21.5. The molecule has 1 fully saturated rings. The van der Waals surface area contributed by atoms with Gasteiger partial charge in [0, 0.05) is 18.1 Å². The predicted octanol–water partition coefficient (Wildman–Crippen LogP) is 3.78. The number of rotatable bonds is 4. The molecule has 100 valence electrons. The van der Waals surface area contributed by atoms with Gasteiger partial charge >= 0.3 is 0 Å². The minimum atomic E-state index is 0.294. The van der Waals surface area contributed by atoms with Crippen LogP contribution in [0.4, 0.5) is 0 Å². The molecule has 0 aliphatic carbocycles. The summed E-state index contributed by atoms with van der Waals surface area (Å²) < 4.78 is 0. The van der Waals surface area contributed by atoms with Crippen molar-refractivity contribution >= 4 is 23.2 Å². The summed E-state index contributed by atoms with van der Waals surface area (Å²) in [6, 6.07) is 7.13. The van der Waals surface area contributed by atoms with Gasteiger partial charge in [-0.05, 0) is 37.1 Å².